The molecule has 3 nitrogen and oxygen atoms in total. The van der Waals surface area contributed by atoms with Crippen LogP contribution in [0.3, 0.4) is 0 Å². The zero-order valence-corrected chi connectivity index (χ0v) is 16.6. The Morgan fingerprint density at radius 3 is 2.41 bits per heavy atom. The molecular weight excluding hydrogens is 359 g/mol. The molecule has 0 atom stereocenters. The van der Waals surface area contributed by atoms with Crippen LogP contribution >= 0.6 is 11.8 Å². The first-order valence-corrected chi connectivity index (χ1v) is 10.5. The number of rotatable bonds is 6. The van der Waals surface area contributed by atoms with E-state index in [9.17, 15) is 9.18 Å². The first kappa shape index (κ1) is 19.6. The third-order valence-corrected chi connectivity index (χ3v) is 5.68. The van der Waals surface area contributed by atoms with Crippen LogP contribution in [0.25, 0.3) is 6.08 Å². The monoisotopic (exact) mass is 384 g/mol. The highest BCUT2D eigenvalue weighted by Crippen LogP contribution is 2.23. The molecule has 3 rings (SSSR count). The lowest BCUT2D eigenvalue weighted by Crippen LogP contribution is -2.46. The van der Waals surface area contributed by atoms with Gasteiger partial charge in [0, 0.05) is 36.6 Å². The molecule has 0 spiro atoms. The van der Waals surface area contributed by atoms with E-state index in [0.29, 0.717) is 11.3 Å². The molecule has 1 saturated heterocycles. The van der Waals surface area contributed by atoms with Crippen LogP contribution in [0.5, 0.6) is 0 Å². The molecule has 1 aliphatic heterocycles. The third-order valence-electron chi connectivity index (χ3n) is 4.94. The smallest absolute Gasteiger partial charge is 0.185 e. The van der Waals surface area contributed by atoms with Gasteiger partial charge in [0.05, 0.1) is 5.69 Å². The van der Waals surface area contributed by atoms with Crippen LogP contribution in [-0.2, 0) is 0 Å². The van der Waals surface area contributed by atoms with Gasteiger partial charge in [0.2, 0.25) is 0 Å². The van der Waals surface area contributed by atoms with Gasteiger partial charge in [-0.05, 0) is 54.8 Å². The first-order valence-electron chi connectivity index (χ1n) is 9.24. The normalized spacial score (nSPS) is 15.4. The molecule has 142 valence electrons. The Morgan fingerprint density at radius 1 is 1.11 bits per heavy atom. The van der Waals surface area contributed by atoms with Crippen molar-refractivity contribution in [3.05, 3.63) is 65.5 Å². The quantitative estimate of drug-likeness (QED) is 0.413. The average molecular weight is 385 g/mol. The van der Waals surface area contributed by atoms with E-state index in [1.165, 1.54) is 17.0 Å². The van der Waals surface area contributed by atoms with E-state index in [0.717, 1.165) is 38.3 Å². The van der Waals surface area contributed by atoms with Crippen molar-refractivity contribution >= 4 is 29.3 Å². The number of ketones is 1. The minimum atomic E-state index is -0.330. The van der Waals surface area contributed by atoms with E-state index in [1.54, 1.807) is 30.0 Å². The van der Waals surface area contributed by atoms with E-state index >= 15 is 0 Å². The SMILES string of the molecule is CCN1CCN(c2ccc(C(=O)/C=C/c3ccc(SC)cc3)cc2F)CC1. The summed E-state index contributed by atoms with van der Waals surface area (Å²) in [6.45, 7) is 6.66. The number of allylic oxidation sites excluding steroid dienone is 1. The topological polar surface area (TPSA) is 23.6 Å². The number of halogens is 1. The molecule has 0 amide bonds. The van der Waals surface area contributed by atoms with Crippen molar-refractivity contribution < 1.29 is 9.18 Å². The number of thioether (sulfide) groups is 1. The van der Waals surface area contributed by atoms with Crippen molar-refractivity contribution in [2.45, 2.75) is 11.8 Å². The Kier molecular flexibility index (Phi) is 6.69. The number of hydrogen-bond donors (Lipinski definition) is 0. The molecular formula is C22H25FN2OS. The van der Waals surface area contributed by atoms with E-state index in [-0.39, 0.29) is 11.6 Å². The minimum Gasteiger partial charge on any atom is -0.367 e. The lowest BCUT2D eigenvalue weighted by Gasteiger charge is -2.35. The summed E-state index contributed by atoms with van der Waals surface area (Å²) in [5, 5.41) is 0. The van der Waals surface area contributed by atoms with Crippen LogP contribution in [0, 0.1) is 5.82 Å². The maximum Gasteiger partial charge on any atom is 0.185 e. The van der Waals surface area contributed by atoms with Crippen molar-refractivity contribution in [1.29, 1.82) is 0 Å². The second-order valence-electron chi connectivity index (χ2n) is 6.56. The van der Waals surface area contributed by atoms with Gasteiger partial charge in [0.15, 0.2) is 5.78 Å². The molecule has 27 heavy (non-hydrogen) atoms. The standard InChI is InChI=1S/C22H25FN2OS/c1-3-24-12-14-25(15-13-24)21-10-7-18(16-20(21)23)22(26)11-6-17-4-8-19(27-2)9-5-17/h4-11,16H,3,12-15H2,1-2H3/b11-6+. The molecule has 2 aromatic rings. The second-order valence-corrected chi connectivity index (χ2v) is 7.44. The van der Waals surface area contributed by atoms with E-state index in [1.807, 2.05) is 30.5 Å². The molecule has 0 unspecified atom stereocenters. The Balaban J connectivity index is 1.67. The summed E-state index contributed by atoms with van der Waals surface area (Å²) in [4.78, 5) is 18.0. The zero-order chi connectivity index (χ0) is 19.2. The van der Waals surface area contributed by atoms with Crippen LogP contribution < -0.4 is 4.90 Å². The predicted molar refractivity (Wildman–Crippen MR) is 112 cm³/mol. The molecule has 5 heteroatoms. The van der Waals surface area contributed by atoms with Gasteiger partial charge in [-0.3, -0.25) is 4.79 Å². The highest BCUT2D eigenvalue weighted by molar-refractivity contribution is 7.98. The van der Waals surface area contributed by atoms with Crippen LogP contribution in [0.2, 0.25) is 0 Å². The van der Waals surface area contributed by atoms with Crippen LogP contribution in [0.4, 0.5) is 10.1 Å². The van der Waals surface area contributed by atoms with Gasteiger partial charge >= 0.3 is 0 Å². The predicted octanol–water partition coefficient (Wildman–Crippen LogP) is 4.59. The van der Waals surface area contributed by atoms with Gasteiger partial charge in [-0.25, -0.2) is 4.39 Å². The summed E-state index contributed by atoms with van der Waals surface area (Å²) >= 11 is 1.68. The van der Waals surface area contributed by atoms with Gasteiger partial charge in [-0.1, -0.05) is 25.1 Å². The second kappa shape index (κ2) is 9.20. The Morgan fingerprint density at radius 2 is 1.81 bits per heavy atom. The maximum absolute atomic E-state index is 14.6. The fraction of sp³-hybridized carbons (Fsp3) is 0.318. The van der Waals surface area contributed by atoms with Gasteiger partial charge in [0.1, 0.15) is 5.82 Å². The Hall–Kier alpha value is -2.11. The summed E-state index contributed by atoms with van der Waals surface area (Å²) in [5.74, 6) is -0.520. The Bertz CT molecular complexity index is 812. The molecule has 2 aromatic carbocycles. The highest BCUT2D eigenvalue weighted by atomic mass is 32.2. The summed E-state index contributed by atoms with van der Waals surface area (Å²) in [5.41, 5.74) is 1.91. The third kappa shape index (κ3) is 4.99. The molecule has 0 radical (unpaired) electrons. The largest absolute Gasteiger partial charge is 0.367 e. The number of piperazine rings is 1. The molecule has 0 aromatic heterocycles. The maximum atomic E-state index is 14.6. The summed E-state index contributed by atoms with van der Waals surface area (Å²) in [6.07, 6.45) is 5.29. The molecule has 0 aliphatic carbocycles. The van der Waals surface area contributed by atoms with Crippen molar-refractivity contribution in [3.63, 3.8) is 0 Å². The van der Waals surface area contributed by atoms with Crippen molar-refractivity contribution in [3.8, 4) is 0 Å². The highest BCUT2D eigenvalue weighted by Gasteiger charge is 2.19. The van der Waals surface area contributed by atoms with Crippen LogP contribution in [-0.4, -0.2) is 49.7 Å². The number of carbonyl (C=O) groups excluding carboxylic acids is 1. The average Bonchev–Trinajstić information content (AvgIpc) is 2.72. The van der Waals surface area contributed by atoms with Crippen LogP contribution in [0.1, 0.15) is 22.8 Å². The zero-order valence-electron chi connectivity index (χ0n) is 15.8. The van der Waals surface area contributed by atoms with Crippen molar-refractivity contribution in [2.24, 2.45) is 0 Å². The lowest BCUT2D eigenvalue weighted by molar-refractivity contribution is 0.104. The van der Waals surface area contributed by atoms with Gasteiger partial charge in [0.25, 0.3) is 0 Å². The molecule has 1 fully saturated rings. The van der Waals surface area contributed by atoms with E-state index in [2.05, 4.69) is 16.7 Å². The molecule has 0 bridgehead atoms. The van der Waals surface area contributed by atoms with Crippen molar-refractivity contribution in [2.75, 3.05) is 43.9 Å². The number of likely N-dealkylation sites (N-methyl/N-ethyl adjacent to an activating group) is 1. The van der Waals surface area contributed by atoms with Crippen LogP contribution in [0.15, 0.2) is 53.4 Å². The number of anilines is 1. The summed E-state index contributed by atoms with van der Waals surface area (Å²) in [6, 6.07) is 12.8. The Labute approximate surface area is 164 Å². The molecule has 1 aliphatic rings. The number of nitrogens with zero attached hydrogens (tertiary/aromatic N) is 2. The molecule has 0 N–H and O–H groups in total. The first-order chi connectivity index (χ1) is 13.1. The number of carbonyl (C=O) groups is 1. The minimum absolute atomic E-state index is 0.190. The fourth-order valence-corrected chi connectivity index (χ4v) is 3.61. The molecule has 0 saturated carbocycles. The van der Waals surface area contributed by atoms with Gasteiger partial charge in [-0.15, -0.1) is 11.8 Å². The summed E-state index contributed by atoms with van der Waals surface area (Å²) in [7, 11) is 0. The molecule has 1 heterocycles. The van der Waals surface area contributed by atoms with E-state index < -0.39 is 0 Å². The number of hydrogen-bond acceptors (Lipinski definition) is 4. The number of benzene rings is 2. The summed E-state index contributed by atoms with van der Waals surface area (Å²) < 4.78 is 14.6. The lowest BCUT2D eigenvalue weighted by atomic mass is 10.1. The van der Waals surface area contributed by atoms with E-state index in [4.69, 9.17) is 0 Å². The van der Waals surface area contributed by atoms with Gasteiger partial charge in [-0.2, -0.15) is 0 Å². The van der Waals surface area contributed by atoms with Gasteiger partial charge < -0.3 is 9.80 Å². The van der Waals surface area contributed by atoms with Crippen molar-refractivity contribution in [1.82, 2.24) is 4.90 Å². The fourth-order valence-electron chi connectivity index (χ4n) is 3.20.